The van der Waals surface area contributed by atoms with Crippen molar-refractivity contribution >= 4 is 34.3 Å². The van der Waals surface area contributed by atoms with E-state index in [4.69, 9.17) is 11.6 Å². The zero-order chi connectivity index (χ0) is 12.3. The van der Waals surface area contributed by atoms with Crippen molar-refractivity contribution in [2.45, 2.75) is 6.54 Å². The fraction of sp³-hybridized carbons (Fsp3) is 0.100. The number of aromatic nitrogens is 1. The number of nitrogens with zero attached hydrogens (tertiary/aromatic N) is 2. The summed E-state index contributed by atoms with van der Waals surface area (Å²) in [6.45, 7) is 0.547. The molecule has 2 aromatic rings. The van der Waals surface area contributed by atoms with Gasteiger partial charge in [0, 0.05) is 28.9 Å². The number of thiazole rings is 1. The quantitative estimate of drug-likeness (QED) is 0.683. The number of hydrogen-bond donors (Lipinski definition) is 1. The number of anilines is 1. The maximum atomic E-state index is 10.6. The zero-order valence-corrected chi connectivity index (χ0v) is 10.2. The second-order valence-corrected chi connectivity index (χ2v) is 4.94. The van der Waals surface area contributed by atoms with Crippen LogP contribution < -0.4 is 5.32 Å². The molecule has 2 rings (SSSR count). The molecule has 0 unspecified atom stereocenters. The maximum Gasteiger partial charge on any atom is 0.271 e. The molecule has 0 saturated heterocycles. The largest absolute Gasteiger partial charge is 0.380 e. The van der Waals surface area contributed by atoms with E-state index in [1.807, 2.05) is 0 Å². The lowest BCUT2D eigenvalue weighted by Crippen LogP contribution is -1.98. The summed E-state index contributed by atoms with van der Waals surface area (Å²) in [5, 5.41) is 13.7. The highest BCUT2D eigenvalue weighted by Crippen LogP contribution is 2.21. The van der Waals surface area contributed by atoms with Gasteiger partial charge in [0.15, 0.2) is 4.47 Å². The third-order valence-electron chi connectivity index (χ3n) is 2.05. The number of nitro groups is 1. The molecule has 5 nitrogen and oxygen atoms in total. The van der Waals surface area contributed by atoms with Gasteiger partial charge in [0.2, 0.25) is 0 Å². The lowest BCUT2D eigenvalue weighted by Gasteiger charge is -2.03. The third kappa shape index (κ3) is 3.15. The van der Waals surface area contributed by atoms with Crippen LogP contribution in [0.5, 0.6) is 0 Å². The summed E-state index contributed by atoms with van der Waals surface area (Å²) in [7, 11) is 0. The van der Waals surface area contributed by atoms with Gasteiger partial charge in [-0.2, -0.15) is 0 Å². The normalized spacial score (nSPS) is 10.2. The maximum absolute atomic E-state index is 10.6. The minimum atomic E-state index is -0.422. The second kappa shape index (κ2) is 5.11. The van der Waals surface area contributed by atoms with Gasteiger partial charge >= 0.3 is 0 Å². The summed E-state index contributed by atoms with van der Waals surface area (Å²) in [4.78, 5) is 15.0. The minimum absolute atomic E-state index is 0.0670. The first kappa shape index (κ1) is 11.8. The van der Waals surface area contributed by atoms with E-state index >= 15 is 0 Å². The average Bonchev–Trinajstić information content (AvgIpc) is 2.73. The molecule has 0 amide bonds. The van der Waals surface area contributed by atoms with Crippen LogP contribution in [-0.4, -0.2) is 9.91 Å². The molecule has 1 aromatic heterocycles. The van der Waals surface area contributed by atoms with Crippen LogP contribution in [0.1, 0.15) is 4.88 Å². The van der Waals surface area contributed by atoms with Gasteiger partial charge in [-0.15, -0.1) is 11.3 Å². The molecule has 0 radical (unpaired) electrons. The van der Waals surface area contributed by atoms with E-state index in [1.54, 1.807) is 18.3 Å². The topological polar surface area (TPSA) is 68.1 Å². The molecule has 7 heteroatoms. The van der Waals surface area contributed by atoms with Crippen molar-refractivity contribution in [1.29, 1.82) is 0 Å². The Balaban J connectivity index is 2.04. The van der Waals surface area contributed by atoms with Crippen LogP contribution in [0.3, 0.4) is 0 Å². The highest BCUT2D eigenvalue weighted by atomic mass is 35.5. The first-order valence-electron chi connectivity index (χ1n) is 4.73. The van der Waals surface area contributed by atoms with Gasteiger partial charge in [0.25, 0.3) is 5.69 Å². The number of halogens is 1. The van der Waals surface area contributed by atoms with Crippen LogP contribution in [0.15, 0.2) is 30.5 Å². The Morgan fingerprint density at radius 3 is 3.00 bits per heavy atom. The Hall–Kier alpha value is -1.66. The molecule has 0 fully saturated rings. The molecule has 17 heavy (non-hydrogen) atoms. The lowest BCUT2D eigenvalue weighted by atomic mass is 10.3. The Kier molecular flexibility index (Phi) is 3.55. The van der Waals surface area contributed by atoms with E-state index in [2.05, 4.69) is 10.3 Å². The van der Waals surface area contributed by atoms with Crippen molar-refractivity contribution in [2.75, 3.05) is 5.32 Å². The molecule has 0 aliphatic carbocycles. The van der Waals surface area contributed by atoms with Crippen LogP contribution in [0.2, 0.25) is 4.47 Å². The zero-order valence-electron chi connectivity index (χ0n) is 8.59. The molecule has 0 saturated carbocycles. The molecule has 0 aliphatic heterocycles. The first-order valence-corrected chi connectivity index (χ1v) is 5.93. The van der Waals surface area contributed by atoms with Crippen molar-refractivity contribution in [3.63, 3.8) is 0 Å². The lowest BCUT2D eigenvalue weighted by molar-refractivity contribution is -0.384. The molecule has 0 spiro atoms. The molecule has 0 atom stereocenters. The Labute approximate surface area is 106 Å². The van der Waals surface area contributed by atoms with E-state index in [-0.39, 0.29) is 5.69 Å². The summed E-state index contributed by atoms with van der Waals surface area (Å²) >= 11 is 7.07. The molecule has 1 N–H and O–H groups in total. The van der Waals surface area contributed by atoms with Crippen LogP contribution in [-0.2, 0) is 6.54 Å². The SMILES string of the molecule is O=[N+]([O-])c1cccc(NCc2cnc(Cl)s2)c1. The Morgan fingerprint density at radius 1 is 1.53 bits per heavy atom. The van der Waals surface area contributed by atoms with Crippen LogP contribution in [0, 0.1) is 10.1 Å². The van der Waals surface area contributed by atoms with Crippen molar-refractivity contribution in [2.24, 2.45) is 0 Å². The summed E-state index contributed by atoms with van der Waals surface area (Å²) in [5.74, 6) is 0. The number of non-ortho nitro benzene ring substituents is 1. The van der Waals surface area contributed by atoms with Crippen molar-refractivity contribution in [3.05, 3.63) is 49.9 Å². The van der Waals surface area contributed by atoms with Gasteiger partial charge in [0.05, 0.1) is 11.5 Å². The van der Waals surface area contributed by atoms with E-state index in [9.17, 15) is 10.1 Å². The molecule has 1 aromatic carbocycles. The van der Waals surface area contributed by atoms with E-state index in [0.717, 1.165) is 4.88 Å². The fourth-order valence-electron chi connectivity index (χ4n) is 1.28. The summed E-state index contributed by atoms with van der Waals surface area (Å²) < 4.78 is 0.487. The van der Waals surface area contributed by atoms with Crippen LogP contribution in [0.4, 0.5) is 11.4 Å². The van der Waals surface area contributed by atoms with Gasteiger partial charge in [-0.3, -0.25) is 10.1 Å². The highest BCUT2D eigenvalue weighted by molar-refractivity contribution is 7.15. The first-order chi connectivity index (χ1) is 8.15. The second-order valence-electron chi connectivity index (χ2n) is 3.24. The number of benzene rings is 1. The monoisotopic (exact) mass is 269 g/mol. The van der Waals surface area contributed by atoms with Gasteiger partial charge in [-0.05, 0) is 6.07 Å². The molecule has 88 valence electrons. The molecular formula is C10H8ClN3O2S. The molecule has 0 aliphatic rings. The number of nitrogens with one attached hydrogen (secondary N) is 1. The fourth-order valence-corrected chi connectivity index (χ4v) is 2.20. The van der Waals surface area contributed by atoms with Gasteiger partial charge in [-0.1, -0.05) is 17.7 Å². The molecule has 0 bridgehead atoms. The average molecular weight is 270 g/mol. The summed E-state index contributed by atoms with van der Waals surface area (Å²) in [6.07, 6.45) is 1.68. The van der Waals surface area contributed by atoms with Crippen molar-refractivity contribution in [1.82, 2.24) is 4.98 Å². The number of rotatable bonds is 4. The minimum Gasteiger partial charge on any atom is -0.380 e. The predicted molar refractivity (Wildman–Crippen MR) is 67.5 cm³/mol. The van der Waals surface area contributed by atoms with Gasteiger partial charge in [-0.25, -0.2) is 4.98 Å². The predicted octanol–water partition coefficient (Wildman–Crippen LogP) is 3.32. The molecule has 1 heterocycles. The van der Waals surface area contributed by atoms with E-state index < -0.39 is 4.92 Å². The van der Waals surface area contributed by atoms with Crippen molar-refractivity contribution < 1.29 is 4.92 Å². The van der Waals surface area contributed by atoms with Crippen molar-refractivity contribution in [3.8, 4) is 0 Å². The standard InChI is InChI=1S/C10H8ClN3O2S/c11-10-13-6-9(17-10)5-12-7-2-1-3-8(4-7)14(15)16/h1-4,6,12H,5H2. The third-order valence-corrected chi connectivity index (χ3v) is 3.16. The summed E-state index contributed by atoms with van der Waals surface area (Å²) in [6, 6.07) is 6.35. The Bertz CT molecular complexity index is 544. The smallest absolute Gasteiger partial charge is 0.271 e. The van der Waals surface area contributed by atoms with Gasteiger partial charge in [0.1, 0.15) is 0 Å². The number of hydrogen-bond acceptors (Lipinski definition) is 5. The van der Waals surface area contributed by atoms with E-state index in [0.29, 0.717) is 16.7 Å². The van der Waals surface area contributed by atoms with Gasteiger partial charge < -0.3 is 5.32 Å². The van der Waals surface area contributed by atoms with Crippen LogP contribution >= 0.6 is 22.9 Å². The Morgan fingerprint density at radius 2 is 2.35 bits per heavy atom. The van der Waals surface area contributed by atoms with E-state index in [1.165, 1.54) is 23.5 Å². The highest BCUT2D eigenvalue weighted by Gasteiger charge is 2.05. The summed E-state index contributed by atoms with van der Waals surface area (Å²) in [5.41, 5.74) is 0.765. The molecular weight excluding hydrogens is 262 g/mol. The number of nitro benzene ring substituents is 1. The van der Waals surface area contributed by atoms with Crippen LogP contribution in [0.25, 0.3) is 0 Å².